The Morgan fingerprint density at radius 3 is 2.26 bits per heavy atom. The molecule has 1 aromatic rings. The van der Waals surface area contributed by atoms with Crippen molar-refractivity contribution in [2.24, 2.45) is 0 Å². The molecule has 2 fully saturated rings. The lowest BCUT2D eigenvalue weighted by molar-refractivity contribution is -0.172. The number of morpholine rings is 1. The van der Waals surface area contributed by atoms with Crippen LogP contribution in [0.5, 0.6) is 0 Å². The Morgan fingerprint density at radius 1 is 1.16 bits per heavy atom. The quantitative estimate of drug-likeness (QED) is 0.811. The highest BCUT2D eigenvalue weighted by molar-refractivity contribution is 6.02. The van der Waals surface area contributed by atoms with Crippen LogP contribution in [0.4, 0.5) is 0 Å². The third kappa shape index (κ3) is 1.95. The molecule has 2 amide bonds. The molecule has 5 nitrogen and oxygen atoms in total. The van der Waals surface area contributed by atoms with Gasteiger partial charge in [0.1, 0.15) is 12.2 Å². The van der Waals surface area contributed by atoms with Gasteiger partial charge in [-0.3, -0.25) is 14.5 Å². The highest BCUT2D eigenvalue weighted by atomic mass is 16.5. The van der Waals surface area contributed by atoms with Crippen LogP contribution in [0.15, 0.2) is 30.3 Å². The average Bonchev–Trinajstić information content (AvgIpc) is 2.89. The van der Waals surface area contributed by atoms with Gasteiger partial charge in [0.05, 0.1) is 12.6 Å². The summed E-state index contributed by atoms with van der Waals surface area (Å²) < 4.78 is 5.36. The Balaban J connectivity index is 1.95. The van der Waals surface area contributed by atoms with Crippen molar-refractivity contribution in [3.8, 4) is 0 Å². The van der Waals surface area contributed by atoms with Gasteiger partial charge in [0.25, 0.3) is 11.8 Å². The van der Waals surface area contributed by atoms with Crippen LogP contribution in [-0.4, -0.2) is 40.6 Å². The monoisotopic (exact) mass is 261 g/mol. The van der Waals surface area contributed by atoms with Crippen molar-refractivity contribution in [2.75, 3.05) is 6.61 Å². The maximum Gasteiger partial charge on any atom is 0.259 e. The molecular weight excluding hydrogens is 246 g/mol. The van der Waals surface area contributed by atoms with Crippen molar-refractivity contribution in [1.82, 2.24) is 4.90 Å². The number of fused-ring (bicyclic) bond motifs is 2. The van der Waals surface area contributed by atoms with Gasteiger partial charge in [-0.15, -0.1) is 0 Å². The summed E-state index contributed by atoms with van der Waals surface area (Å²) in [5.74, 6) is -0.664. The first kappa shape index (κ1) is 12.3. The fraction of sp³-hybridized carbons (Fsp3) is 0.429. The van der Waals surface area contributed by atoms with Crippen molar-refractivity contribution in [3.63, 3.8) is 0 Å². The summed E-state index contributed by atoms with van der Waals surface area (Å²) in [7, 11) is 0. The zero-order valence-corrected chi connectivity index (χ0v) is 10.4. The number of ether oxygens (including phenoxy) is 1. The van der Waals surface area contributed by atoms with Gasteiger partial charge in [0, 0.05) is 0 Å². The van der Waals surface area contributed by atoms with Crippen LogP contribution in [0, 0.1) is 0 Å². The third-order valence-electron chi connectivity index (χ3n) is 3.71. The summed E-state index contributed by atoms with van der Waals surface area (Å²) in [5, 5.41) is 9.57. The fourth-order valence-corrected chi connectivity index (χ4v) is 2.74. The summed E-state index contributed by atoms with van der Waals surface area (Å²) in [6.45, 7) is -0.277. The second kappa shape index (κ2) is 4.75. The number of hydrogen-bond donors (Lipinski definition) is 1. The SMILES string of the molecule is O=C1C2CCC(O2)C(=O)N1C(CO)c1ccccc1. The lowest BCUT2D eigenvalue weighted by Crippen LogP contribution is -2.53. The number of carbonyl (C=O) groups is 2. The van der Waals surface area contributed by atoms with Crippen LogP contribution in [0.1, 0.15) is 24.4 Å². The Hall–Kier alpha value is -1.72. The minimum absolute atomic E-state index is 0.277. The van der Waals surface area contributed by atoms with Gasteiger partial charge >= 0.3 is 0 Å². The van der Waals surface area contributed by atoms with Gasteiger partial charge in [0.15, 0.2) is 0 Å². The van der Waals surface area contributed by atoms with E-state index < -0.39 is 18.2 Å². The van der Waals surface area contributed by atoms with Crippen LogP contribution in [0.25, 0.3) is 0 Å². The van der Waals surface area contributed by atoms with Crippen molar-refractivity contribution < 1.29 is 19.4 Å². The molecular formula is C14H15NO4. The van der Waals surface area contributed by atoms with E-state index in [0.717, 1.165) is 5.56 Å². The smallest absolute Gasteiger partial charge is 0.259 e. The lowest BCUT2D eigenvalue weighted by Gasteiger charge is -2.35. The predicted molar refractivity (Wildman–Crippen MR) is 66.0 cm³/mol. The van der Waals surface area contributed by atoms with E-state index in [1.165, 1.54) is 4.90 Å². The number of aliphatic hydroxyl groups is 1. The lowest BCUT2D eigenvalue weighted by atomic mass is 10.0. The Kier molecular flexibility index (Phi) is 3.08. The predicted octanol–water partition coefficient (Wildman–Crippen LogP) is 0.636. The van der Waals surface area contributed by atoms with E-state index in [9.17, 15) is 14.7 Å². The summed E-state index contributed by atoms with van der Waals surface area (Å²) in [6.07, 6.45) is 0.109. The normalized spacial score (nSPS) is 27.7. The first-order valence-electron chi connectivity index (χ1n) is 6.40. The van der Waals surface area contributed by atoms with Gasteiger partial charge in [0.2, 0.25) is 0 Å². The van der Waals surface area contributed by atoms with Crippen molar-refractivity contribution in [3.05, 3.63) is 35.9 Å². The number of hydrogen-bond acceptors (Lipinski definition) is 4. The molecule has 2 aliphatic heterocycles. The number of rotatable bonds is 3. The van der Waals surface area contributed by atoms with Crippen molar-refractivity contribution in [1.29, 1.82) is 0 Å². The molecule has 2 saturated heterocycles. The number of likely N-dealkylation sites (tertiary alicyclic amines) is 1. The van der Waals surface area contributed by atoms with Crippen LogP contribution in [0.3, 0.4) is 0 Å². The maximum absolute atomic E-state index is 12.2. The molecule has 3 atom stereocenters. The second-order valence-corrected chi connectivity index (χ2v) is 4.85. The molecule has 100 valence electrons. The molecule has 2 aliphatic rings. The number of benzene rings is 1. The molecule has 0 spiro atoms. The molecule has 19 heavy (non-hydrogen) atoms. The molecule has 2 bridgehead atoms. The minimum atomic E-state index is -0.617. The Morgan fingerprint density at radius 2 is 1.74 bits per heavy atom. The first-order chi connectivity index (χ1) is 9.22. The van der Waals surface area contributed by atoms with E-state index in [2.05, 4.69) is 0 Å². The van der Waals surface area contributed by atoms with E-state index in [-0.39, 0.29) is 18.4 Å². The summed E-state index contributed by atoms with van der Waals surface area (Å²) in [6, 6.07) is 8.49. The van der Waals surface area contributed by atoms with Crippen LogP contribution in [-0.2, 0) is 14.3 Å². The molecule has 2 heterocycles. The molecule has 1 aromatic carbocycles. The molecule has 0 aromatic heterocycles. The highest BCUT2D eigenvalue weighted by Gasteiger charge is 2.48. The zero-order chi connectivity index (χ0) is 13.4. The van der Waals surface area contributed by atoms with Gasteiger partial charge < -0.3 is 9.84 Å². The summed E-state index contributed by atoms with van der Waals surface area (Å²) >= 11 is 0. The number of imide groups is 1. The highest BCUT2D eigenvalue weighted by Crippen LogP contribution is 2.33. The number of nitrogens with zero attached hydrogens (tertiary/aromatic N) is 1. The van der Waals surface area contributed by atoms with Crippen LogP contribution >= 0.6 is 0 Å². The third-order valence-corrected chi connectivity index (χ3v) is 3.71. The molecule has 3 rings (SSSR count). The maximum atomic E-state index is 12.2. The molecule has 0 aliphatic carbocycles. The minimum Gasteiger partial charge on any atom is -0.394 e. The summed E-state index contributed by atoms with van der Waals surface area (Å²) in [5.41, 5.74) is 0.757. The van der Waals surface area contributed by atoms with Crippen molar-refractivity contribution >= 4 is 11.8 Å². The largest absolute Gasteiger partial charge is 0.394 e. The van der Waals surface area contributed by atoms with Crippen LogP contribution < -0.4 is 0 Å². The fourth-order valence-electron chi connectivity index (χ4n) is 2.74. The topological polar surface area (TPSA) is 66.8 Å². The molecule has 0 saturated carbocycles. The van der Waals surface area contributed by atoms with Gasteiger partial charge in [-0.05, 0) is 18.4 Å². The molecule has 3 unspecified atom stereocenters. The molecule has 0 radical (unpaired) electrons. The van der Waals surface area contributed by atoms with Gasteiger partial charge in [-0.1, -0.05) is 30.3 Å². The number of amides is 2. The van der Waals surface area contributed by atoms with E-state index in [0.29, 0.717) is 12.8 Å². The Labute approximate surface area is 110 Å². The zero-order valence-electron chi connectivity index (χ0n) is 10.4. The van der Waals surface area contributed by atoms with E-state index in [1.807, 2.05) is 18.2 Å². The van der Waals surface area contributed by atoms with E-state index >= 15 is 0 Å². The van der Waals surface area contributed by atoms with Crippen molar-refractivity contribution in [2.45, 2.75) is 31.1 Å². The second-order valence-electron chi connectivity index (χ2n) is 4.85. The number of carbonyl (C=O) groups excluding carboxylic acids is 2. The van der Waals surface area contributed by atoms with Gasteiger partial charge in [-0.25, -0.2) is 0 Å². The van der Waals surface area contributed by atoms with Crippen LogP contribution in [0.2, 0.25) is 0 Å². The first-order valence-corrected chi connectivity index (χ1v) is 6.40. The Bertz CT molecular complexity index is 479. The molecule has 5 heteroatoms. The standard InChI is InChI=1S/C14H15NO4/c16-8-10(9-4-2-1-3-5-9)15-13(17)11-6-7-12(19-11)14(15)18/h1-5,10-12,16H,6-8H2. The van der Waals surface area contributed by atoms with E-state index in [4.69, 9.17) is 4.74 Å². The number of aliphatic hydroxyl groups excluding tert-OH is 1. The van der Waals surface area contributed by atoms with Gasteiger partial charge in [-0.2, -0.15) is 0 Å². The summed E-state index contributed by atoms with van der Waals surface area (Å²) in [4.78, 5) is 25.7. The average molecular weight is 261 g/mol. The molecule has 1 N–H and O–H groups in total. The van der Waals surface area contributed by atoms with E-state index in [1.54, 1.807) is 12.1 Å².